The van der Waals surface area contributed by atoms with Crippen molar-refractivity contribution in [3.8, 4) is 0 Å². The second-order valence-corrected chi connectivity index (χ2v) is 15.3. The van der Waals surface area contributed by atoms with Gasteiger partial charge in [0.1, 0.15) is 24.6 Å². The number of aromatic nitrogens is 1. The summed E-state index contributed by atoms with van der Waals surface area (Å²) in [7, 11) is 0. The number of carbonyl (C=O) groups is 5. The van der Waals surface area contributed by atoms with Crippen molar-refractivity contribution in [3.63, 3.8) is 0 Å². The number of benzene rings is 4. The zero-order chi connectivity index (χ0) is 40.4. The van der Waals surface area contributed by atoms with Crippen LogP contribution in [0.4, 0.5) is 9.93 Å². The molecule has 0 spiro atoms. The van der Waals surface area contributed by atoms with Crippen LogP contribution in [0.3, 0.4) is 0 Å². The second kappa shape index (κ2) is 18.8. The van der Waals surface area contributed by atoms with E-state index in [1.165, 1.54) is 28.1 Å². The van der Waals surface area contributed by atoms with E-state index in [1.54, 1.807) is 0 Å². The zero-order valence-electron chi connectivity index (χ0n) is 30.8. The van der Waals surface area contributed by atoms with Crippen molar-refractivity contribution >= 4 is 63.6 Å². The molecule has 2 unspecified atom stereocenters. The van der Waals surface area contributed by atoms with Gasteiger partial charge in [-0.2, -0.15) is 0 Å². The number of nitrogens with one attached hydrogen (secondary N) is 2. The molecule has 4 aromatic carbocycles. The number of rotatable bonds is 14. The molecule has 3 heterocycles. The van der Waals surface area contributed by atoms with Gasteiger partial charge in [-0.25, -0.2) is 14.6 Å². The lowest BCUT2D eigenvalue weighted by molar-refractivity contribution is -0.173. The molecule has 2 aliphatic rings. The Balaban J connectivity index is 1.05. The molecule has 15 heteroatoms. The quantitative estimate of drug-likeness (QED) is 0.0530. The van der Waals surface area contributed by atoms with Crippen LogP contribution in [0.25, 0.3) is 5.57 Å². The number of aliphatic hydroxyl groups is 1. The van der Waals surface area contributed by atoms with E-state index in [0.29, 0.717) is 11.1 Å². The van der Waals surface area contributed by atoms with Gasteiger partial charge < -0.3 is 29.5 Å². The Kier molecular flexibility index (Phi) is 12.9. The molecule has 0 saturated carbocycles. The summed E-state index contributed by atoms with van der Waals surface area (Å²) in [5.74, 6) is -2.62. The number of ether oxygens (including phenoxy) is 3. The normalized spacial score (nSPS) is 18.7. The van der Waals surface area contributed by atoms with E-state index >= 15 is 0 Å². The molecule has 0 aliphatic carbocycles. The SMILES string of the molecule is O=C(C/C=C(/C(=O)N[C@@H]1C(=O)N2C(C(=O)OC(c3ccccc3)c3ccccc3)C(O)CS[C@H]12)c1csc(NC(=O)OCc2ccccc2)n1)OCc1ccccc1. The van der Waals surface area contributed by atoms with Gasteiger partial charge in [-0.1, -0.05) is 127 Å². The molecule has 4 atom stereocenters. The minimum atomic E-state index is -1.31. The van der Waals surface area contributed by atoms with Gasteiger partial charge >= 0.3 is 18.0 Å². The molecular formula is C43H38N4O9S2. The summed E-state index contributed by atoms with van der Waals surface area (Å²) in [4.78, 5) is 72.6. The lowest BCUT2D eigenvalue weighted by Crippen LogP contribution is -2.76. The van der Waals surface area contributed by atoms with E-state index in [9.17, 15) is 29.1 Å². The Bertz CT molecular complexity index is 2220. The Labute approximate surface area is 342 Å². The summed E-state index contributed by atoms with van der Waals surface area (Å²) in [6.07, 6.45) is -1.73. The molecule has 296 valence electrons. The standard InChI is InChI=1S/C43H38N4O9S2/c48-33-26-57-40-35(39(51)47(40)36(33)41(52)56-37(29-17-9-3-10-18-29)30-19-11-4-12-20-30)45-38(50)31(21-22-34(49)54-23-27-13-5-1-6-14-27)32-25-58-42(44-32)46-43(53)55-24-28-15-7-2-8-16-28/h1-21,25,33,35-37,40,48H,22-24,26H2,(H,45,50)(H,44,46,53)/b31-21+/t33?,35-,36?,40-/m1/s1. The number of amides is 3. The molecule has 0 radical (unpaired) electrons. The van der Waals surface area contributed by atoms with Gasteiger partial charge in [-0.15, -0.1) is 23.1 Å². The molecular weight excluding hydrogens is 781 g/mol. The van der Waals surface area contributed by atoms with Crippen molar-refractivity contribution in [3.05, 3.63) is 161 Å². The van der Waals surface area contributed by atoms with Crippen molar-refractivity contribution in [2.24, 2.45) is 0 Å². The van der Waals surface area contributed by atoms with Gasteiger partial charge in [0.15, 0.2) is 17.3 Å². The van der Waals surface area contributed by atoms with Crippen LogP contribution in [0.1, 0.15) is 40.5 Å². The second-order valence-electron chi connectivity index (χ2n) is 13.3. The third-order valence-corrected chi connectivity index (χ3v) is 11.4. The third-order valence-electron chi connectivity index (χ3n) is 9.31. The topological polar surface area (TPSA) is 173 Å². The molecule has 3 N–H and O–H groups in total. The van der Waals surface area contributed by atoms with Gasteiger partial charge in [-0.3, -0.25) is 19.7 Å². The number of thioether (sulfide) groups is 1. The van der Waals surface area contributed by atoms with Crippen molar-refractivity contribution in [2.75, 3.05) is 11.1 Å². The average Bonchev–Trinajstić information content (AvgIpc) is 3.72. The summed E-state index contributed by atoms with van der Waals surface area (Å²) >= 11 is 2.25. The molecule has 0 bridgehead atoms. The average molecular weight is 819 g/mol. The maximum absolute atomic E-state index is 14.0. The first-order chi connectivity index (χ1) is 28.2. The molecule has 58 heavy (non-hydrogen) atoms. The number of hydrogen-bond acceptors (Lipinski definition) is 12. The predicted molar refractivity (Wildman–Crippen MR) is 217 cm³/mol. The van der Waals surface area contributed by atoms with Crippen molar-refractivity contribution in [1.29, 1.82) is 0 Å². The number of nitrogens with zero attached hydrogens (tertiary/aromatic N) is 2. The van der Waals surface area contributed by atoms with E-state index in [2.05, 4.69) is 15.6 Å². The smallest absolute Gasteiger partial charge is 0.413 e. The molecule has 2 fully saturated rings. The lowest BCUT2D eigenvalue weighted by atomic mass is 9.98. The summed E-state index contributed by atoms with van der Waals surface area (Å²) in [5.41, 5.74) is 3.09. The summed E-state index contributed by atoms with van der Waals surface area (Å²) in [6.45, 7) is 0.0640. The van der Waals surface area contributed by atoms with Crippen LogP contribution in [-0.4, -0.2) is 74.2 Å². The molecule has 2 saturated heterocycles. The van der Waals surface area contributed by atoms with Gasteiger partial charge in [0.05, 0.1) is 23.8 Å². The number of carbonyl (C=O) groups excluding carboxylic acids is 5. The van der Waals surface area contributed by atoms with Crippen LogP contribution in [0.2, 0.25) is 0 Å². The Hall–Kier alpha value is -6.29. The van der Waals surface area contributed by atoms with E-state index in [0.717, 1.165) is 22.5 Å². The fraction of sp³-hybridized carbons (Fsp3) is 0.209. The van der Waals surface area contributed by atoms with E-state index in [-0.39, 0.29) is 41.8 Å². The van der Waals surface area contributed by atoms with Gasteiger partial charge in [0, 0.05) is 11.1 Å². The minimum absolute atomic E-state index is 0.0309. The summed E-state index contributed by atoms with van der Waals surface area (Å²) < 4.78 is 16.7. The van der Waals surface area contributed by atoms with Crippen molar-refractivity contribution < 1.29 is 43.3 Å². The maximum Gasteiger partial charge on any atom is 0.413 e. The highest BCUT2D eigenvalue weighted by atomic mass is 32.2. The van der Waals surface area contributed by atoms with Crippen LogP contribution in [0, 0.1) is 0 Å². The predicted octanol–water partition coefficient (Wildman–Crippen LogP) is 5.87. The first kappa shape index (κ1) is 39.9. The van der Waals surface area contributed by atoms with Gasteiger partial charge in [-0.05, 0) is 22.3 Å². The van der Waals surface area contributed by atoms with Crippen LogP contribution < -0.4 is 10.6 Å². The number of anilines is 1. The number of aliphatic hydroxyl groups excluding tert-OH is 1. The minimum Gasteiger partial charge on any atom is -0.461 e. The number of esters is 2. The van der Waals surface area contributed by atoms with Crippen molar-refractivity contribution in [2.45, 2.75) is 49.3 Å². The highest BCUT2D eigenvalue weighted by Gasteiger charge is 2.58. The first-order valence-electron chi connectivity index (χ1n) is 18.3. The highest BCUT2D eigenvalue weighted by Crippen LogP contribution is 2.40. The van der Waals surface area contributed by atoms with Gasteiger partial charge in [0.2, 0.25) is 5.91 Å². The van der Waals surface area contributed by atoms with Crippen molar-refractivity contribution in [1.82, 2.24) is 15.2 Å². The fourth-order valence-electron chi connectivity index (χ4n) is 6.42. The monoisotopic (exact) mass is 818 g/mol. The van der Waals surface area contributed by atoms with Crippen LogP contribution in [0.15, 0.2) is 133 Å². The Morgan fingerprint density at radius 1 is 0.828 bits per heavy atom. The van der Waals surface area contributed by atoms with Crippen LogP contribution >= 0.6 is 23.1 Å². The highest BCUT2D eigenvalue weighted by molar-refractivity contribution is 8.00. The Morgan fingerprint density at radius 3 is 2.00 bits per heavy atom. The largest absolute Gasteiger partial charge is 0.461 e. The maximum atomic E-state index is 14.0. The molecule has 7 rings (SSSR count). The summed E-state index contributed by atoms with van der Waals surface area (Å²) in [5, 5.41) is 17.3. The molecule has 5 aromatic rings. The Morgan fingerprint density at radius 2 is 1.40 bits per heavy atom. The molecule has 13 nitrogen and oxygen atoms in total. The van der Waals surface area contributed by atoms with Crippen LogP contribution in [0.5, 0.6) is 0 Å². The summed E-state index contributed by atoms with van der Waals surface area (Å²) in [6, 6.07) is 34.2. The van der Waals surface area contributed by atoms with E-state index < -0.39 is 59.5 Å². The zero-order valence-corrected chi connectivity index (χ0v) is 32.5. The van der Waals surface area contributed by atoms with Gasteiger partial charge in [0.25, 0.3) is 5.91 Å². The molecule has 2 aliphatic heterocycles. The third kappa shape index (κ3) is 9.62. The molecule has 3 amide bonds. The first-order valence-corrected chi connectivity index (χ1v) is 20.2. The number of fused-ring (bicyclic) bond motifs is 1. The lowest BCUT2D eigenvalue weighted by Gasteiger charge is -2.53. The number of thiazole rings is 1. The fourth-order valence-corrected chi connectivity index (χ4v) is 8.47. The number of hydrogen-bond donors (Lipinski definition) is 3. The van der Waals surface area contributed by atoms with E-state index in [1.807, 2.05) is 121 Å². The number of β-lactam (4-membered cyclic amide) rings is 1. The molecule has 1 aromatic heterocycles. The van der Waals surface area contributed by atoms with E-state index in [4.69, 9.17) is 14.2 Å². The van der Waals surface area contributed by atoms with Crippen LogP contribution in [-0.2, 0) is 46.6 Å².